The van der Waals surface area contributed by atoms with E-state index in [9.17, 15) is 4.79 Å². The highest BCUT2D eigenvalue weighted by Crippen LogP contribution is 2.14. The summed E-state index contributed by atoms with van der Waals surface area (Å²) in [5.41, 5.74) is 0. The normalized spacial score (nSPS) is 12.7. The van der Waals surface area contributed by atoms with Gasteiger partial charge in [0.15, 0.2) is 0 Å². The summed E-state index contributed by atoms with van der Waals surface area (Å²) in [6.45, 7) is 9.50. The van der Waals surface area contributed by atoms with Crippen LogP contribution in [0.3, 0.4) is 0 Å². The van der Waals surface area contributed by atoms with Crippen molar-refractivity contribution in [1.82, 2.24) is 10.2 Å². The standard InChI is InChI=1S/C14H24N2OS/c1-5-12(4)15-9-14(17)16(11(2)3)10-13-7-6-8-18-13/h6-8,11-12,15H,5,9-10H2,1-4H3. The van der Waals surface area contributed by atoms with Crippen LogP contribution in [0.5, 0.6) is 0 Å². The number of thiophene rings is 1. The molecular weight excluding hydrogens is 244 g/mol. The molecule has 1 atom stereocenters. The second-order valence-corrected chi connectivity index (χ2v) is 5.92. The smallest absolute Gasteiger partial charge is 0.237 e. The van der Waals surface area contributed by atoms with Crippen LogP contribution in [0.15, 0.2) is 17.5 Å². The van der Waals surface area contributed by atoms with Gasteiger partial charge in [0.05, 0.1) is 13.1 Å². The molecule has 4 heteroatoms. The summed E-state index contributed by atoms with van der Waals surface area (Å²) in [5, 5.41) is 5.31. The maximum Gasteiger partial charge on any atom is 0.237 e. The maximum absolute atomic E-state index is 12.2. The Morgan fingerprint density at radius 3 is 2.67 bits per heavy atom. The summed E-state index contributed by atoms with van der Waals surface area (Å²) in [6, 6.07) is 4.73. The van der Waals surface area contributed by atoms with E-state index in [0.29, 0.717) is 12.6 Å². The number of nitrogens with zero attached hydrogens (tertiary/aromatic N) is 1. The first kappa shape index (κ1) is 15.2. The summed E-state index contributed by atoms with van der Waals surface area (Å²) in [6.07, 6.45) is 1.04. The number of carbonyl (C=O) groups is 1. The molecule has 1 amide bonds. The zero-order valence-corrected chi connectivity index (χ0v) is 12.6. The van der Waals surface area contributed by atoms with Gasteiger partial charge in [-0.05, 0) is 38.6 Å². The molecule has 0 saturated carbocycles. The Bertz CT molecular complexity index is 349. The number of carbonyl (C=O) groups excluding carboxylic acids is 1. The van der Waals surface area contributed by atoms with Gasteiger partial charge in [-0.15, -0.1) is 11.3 Å². The minimum atomic E-state index is 0.179. The van der Waals surface area contributed by atoms with Gasteiger partial charge < -0.3 is 10.2 Å². The van der Waals surface area contributed by atoms with Crippen LogP contribution in [0.4, 0.5) is 0 Å². The van der Waals surface area contributed by atoms with Crippen LogP contribution in [-0.4, -0.2) is 29.4 Å². The average molecular weight is 268 g/mol. The number of amides is 1. The van der Waals surface area contributed by atoms with Crippen LogP contribution in [-0.2, 0) is 11.3 Å². The third kappa shape index (κ3) is 4.78. The van der Waals surface area contributed by atoms with E-state index in [1.807, 2.05) is 11.0 Å². The van der Waals surface area contributed by atoms with Crippen LogP contribution in [0.25, 0.3) is 0 Å². The molecule has 0 radical (unpaired) electrons. The lowest BCUT2D eigenvalue weighted by atomic mass is 10.2. The maximum atomic E-state index is 12.2. The summed E-state index contributed by atoms with van der Waals surface area (Å²) < 4.78 is 0. The van der Waals surface area contributed by atoms with Crippen molar-refractivity contribution in [3.05, 3.63) is 22.4 Å². The molecule has 0 aromatic carbocycles. The fourth-order valence-corrected chi connectivity index (χ4v) is 2.34. The fraction of sp³-hybridized carbons (Fsp3) is 0.643. The molecule has 1 aromatic rings. The average Bonchev–Trinajstić information content (AvgIpc) is 2.85. The molecule has 0 aliphatic rings. The van der Waals surface area contributed by atoms with Crippen molar-refractivity contribution in [2.24, 2.45) is 0 Å². The third-order valence-electron chi connectivity index (χ3n) is 3.06. The van der Waals surface area contributed by atoms with Crippen LogP contribution >= 0.6 is 11.3 Å². The van der Waals surface area contributed by atoms with Crippen molar-refractivity contribution in [3.63, 3.8) is 0 Å². The van der Waals surface area contributed by atoms with Gasteiger partial charge in [-0.25, -0.2) is 0 Å². The molecule has 3 nitrogen and oxygen atoms in total. The topological polar surface area (TPSA) is 32.3 Å². The fourth-order valence-electron chi connectivity index (χ4n) is 1.64. The van der Waals surface area contributed by atoms with Crippen molar-refractivity contribution in [3.8, 4) is 0 Å². The number of nitrogens with one attached hydrogen (secondary N) is 1. The summed E-state index contributed by atoms with van der Waals surface area (Å²) in [7, 11) is 0. The van der Waals surface area contributed by atoms with E-state index >= 15 is 0 Å². The van der Waals surface area contributed by atoms with Gasteiger partial charge in [0.25, 0.3) is 0 Å². The van der Waals surface area contributed by atoms with Gasteiger partial charge in [0, 0.05) is 17.0 Å². The number of hydrogen-bond donors (Lipinski definition) is 1. The lowest BCUT2D eigenvalue weighted by Gasteiger charge is -2.27. The van der Waals surface area contributed by atoms with Crippen molar-refractivity contribution in [2.45, 2.75) is 52.7 Å². The molecule has 1 unspecified atom stereocenters. The molecule has 1 heterocycles. The Morgan fingerprint density at radius 2 is 2.17 bits per heavy atom. The Hall–Kier alpha value is -0.870. The Kier molecular flexibility index (Phi) is 6.36. The minimum Gasteiger partial charge on any atom is -0.334 e. The summed E-state index contributed by atoms with van der Waals surface area (Å²) in [5.74, 6) is 0.179. The molecular formula is C14H24N2OS. The molecule has 0 fully saturated rings. The van der Waals surface area contributed by atoms with E-state index in [1.54, 1.807) is 11.3 Å². The van der Waals surface area contributed by atoms with Crippen LogP contribution in [0.1, 0.15) is 39.0 Å². The molecule has 1 N–H and O–H groups in total. The van der Waals surface area contributed by atoms with Gasteiger partial charge in [0.2, 0.25) is 5.91 Å². The monoisotopic (exact) mass is 268 g/mol. The first-order chi connectivity index (χ1) is 8.54. The quantitative estimate of drug-likeness (QED) is 0.824. The highest BCUT2D eigenvalue weighted by Gasteiger charge is 2.17. The Morgan fingerprint density at radius 1 is 1.44 bits per heavy atom. The molecule has 1 rings (SSSR count). The van der Waals surface area contributed by atoms with Gasteiger partial charge in [0.1, 0.15) is 0 Å². The molecule has 0 aliphatic carbocycles. The predicted octanol–water partition coefficient (Wildman–Crippen LogP) is 2.87. The lowest BCUT2D eigenvalue weighted by molar-refractivity contribution is -0.132. The SMILES string of the molecule is CCC(C)NCC(=O)N(Cc1cccs1)C(C)C. The number of rotatable bonds is 7. The Balaban J connectivity index is 2.53. The molecule has 0 spiro atoms. The van der Waals surface area contributed by atoms with E-state index in [4.69, 9.17) is 0 Å². The summed E-state index contributed by atoms with van der Waals surface area (Å²) >= 11 is 1.70. The van der Waals surface area contributed by atoms with Crippen LogP contribution < -0.4 is 5.32 Å². The van der Waals surface area contributed by atoms with E-state index in [2.05, 4.69) is 44.5 Å². The first-order valence-corrected chi connectivity index (χ1v) is 7.47. The highest BCUT2D eigenvalue weighted by atomic mass is 32.1. The van der Waals surface area contributed by atoms with E-state index in [-0.39, 0.29) is 11.9 Å². The van der Waals surface area contributed by atoms with Crippen molar-refractivity contribution < 1.29 is 4.79 Å². The zero-order chi connectivity index (χ0) is 13.5. The zero-order valence-electron chi connectivity index (χ0n) is 11.8. The summed E-state index contributed by atoms with van der Waals surface area (Å²) in [4.78, 5) is 15.4. The Labute approximate surface area is 114 Å². The molecule has 0 bridgehead atoms. The van der Waals surface area contributed by atoms with Crippen molar-refractivity contribution in [1.29, 1.82) is 0 Å². The van der Waals surface area contributed by atoms with Gasteiger partial charge in [-0.3, -0.25) is 4.79 Å². The molecule has 0 saturated heterocycles. The molecule has 18 heavy (non-hydrogen) atoms. The van der Waals surface area contributed by atoms with E-state index in [1.165, 1.54) is 4.88 Å². The molecule has 102 valence electrons. The largest absolute Gasteiger partial charge is 0.334 e. The predicted molar refractivity (Wildman–Crippen MR) is 77.8 cm³/mol. The second-order valence-electron chi connectivity index (χ2n) is 4.88. The first-order valence-electron chi connectivity index (χ1n) is 6.59. The van der Waals surface area contributed by atoms with Crippen molar-refractivity contribution in [2.75, 3.05) is 6.54 Å². The number of hydrogen-bond acceptors (Lipinski definition) is 3. The van der Waals surface area contributed by atoms with Gasteiger partial charge >= 0.3 is 0 Å². The lowest BCUT2D eigenvalue weighted by Crippen LogP contribution is -2.43. The van der Waals surface area contributed by atoms with Gasteiger partial charge in [-0.1, -0.05) is 13.0 Å². The second kappa shape index (κ2) is 7.54. The van der Waals surface area contributed by atoms with Gasteiger partial charge in [-0.2, -0.15) is 0 Å². The van der Waals surface area contributed by atoms with Crippen LogP contribution in [0.2, 0.25) is 0 Å². The van der Waals surface area contributed by atoms with E-state index < -0.39 is 0 Å². The third-order valence-corrected chi connectivity index (χ3v) is 3.93. The van der Waals surface area contributed by atoms with Crippen molar-refractivity contribution >= 4 is 17.2 Å². The molecule has 0 aliphatic heterocycles. The molecule has 1 aromatic heterocycles. The highest BCUT2D eigenvalue weighted by molar-refractivity contribution is 7.09. The van der Waals surface area contributed by atoms with Crippen LogP contribution in [0, 0.1) is 0 Å². The minimum absolute atomic E-state index is 0.179. The van der Waals surface area contributed by atoms with E-state index in [0.717, 1.165) is 13.0 Å².